The molecule has 0 radical (unpaired) electrons. The molecular weight excluding hydrogens is 1480 g/mol. The van der Waals surface area contributed by atoms with Gasteiger partial charge in [0.2, 0.25) is 0 Å². The van der Waals surface area contributed by atoms with Gasteiger partial charge in [0, 0.05) is 151 Å². The highest BCUT2D eigenvalue weighted by atomic mass is 15.4. The summed E-state index contributed by atoms with van der Waals surface area (Å²) in [4.78, 5) is 15.3. The summed E-state index contributed by atoms with van der Waals surface area (Å²) in [6.45, 7) is 14.1. The van der Waals surface area contributed by atoms with Crippen molar-refractivity contribution >= 4 is 51.2 Å². The van der Waals surface area contributed by atoms with E-state index in [1.165, 1.54) is 42.0 Å². The van der Waals surface area contributed by atoms with Gasteiger partial charge in [0.25, 0.3) is 0 Å². The van der Waals surface area contributed by atoms with Gasteiger partial charge in [0.05, 0.1) is 5.70 Å². The van der Waals surface area contributed by atoms with Crippen LogP contribution in [0, 0.1) is 59.3 Å². The molecule has 9 aromatic rings. The van der Waals surface area contributed by atoms with Crippen LogP contribution in [0.5, 0.6) is 0 Å². The van der Waals surface area contributed by atoms with Crippen molar-refractivity contribution in [3.63, 3.8) is 0 Å². The second-order valence-corrected chi connectivity index (χ2v) is 33.3. The van der Waals surface area contributed by atoms with Crippen LogP contribution in [0.4, 0.5) is 45.5 Å². The van der Waals surface area contributed by atoms with E-state index in [2.05, 4.69) is 29.7 Å². The summed E-state index contributed by atoms with van der Waals surface area (Å²) < 4.78 is 178. The zero-order chi connectivity index (χ0) is 104. The molecule has 12 heteroatoms. The number of nitrogens with one attached hydrogen (secondary N) is 4. The Kier molecular flexibility index (Phi) is 20.9. The second-order valence-electron chi connectivity index (χ2n) is 33.3. The van der Waals surface area contributed by atoms with E-state index in [4.69, 9.17) is 30.3 Å². The monoisotopic (exact) mass is 1640 g/mol. The standard InChI is InChI=1S/C24H30N2.C19H22N2.C18H26N2.C18H20N2.C17H24N2.C13H18N2/c1-18-12-10-11-17-23(18)25-19(2)24(21-13-6-4-7-14-21)26(20(25)3)22-15-8-5-9-16-22;1-14-10-8-9-13-19(14)21-16(3)15(2)20(17(21)4)18-11-6-5-7-12-18;2*1-13-9-7-8-12-17(13)20-14(2)18(19-15(20)3)16-10-5-4-6-11-16;1-12-8-4-7-11-16(12)19-13(2)17(18-14(19)3)15-9-5-6-10-15;1-9-7-5-6-8-13(9)15-11(3)10(2)14-12(15)4/h5,8-12,15-17,20-21H,4,6-7,13-14H2,1-3H3;5-13,17H,1-4H3;7-9,12,15-16,19H,4-6,10-11H2,1-3H3;4-12,15,19H,1-3H3;4,7-8,11,14-15,18H,5-6,9-10H2,1-3H3;5-8,12,14H,1-4H3/i3D3;4D3;3*3D3;4D3/hD4. The lowest BCUT2D eigenvalue weighted by Crippen LogP contribution is -2.39. The Morgan fingerprint density at radius 3 is 0.917 bits per heavy atom. The van der Waals surface area contributed by atoms with Crippen molar-refractivity contribution in [2.24, 2.45) is 17.8 Å². The molecule has 3 fully saturated rings. The Hall–Kier alpha value is -11.0. The maximum absolute atomic E-state index is 8.59. The molecule has 3 aliphatic carbocycles. The molecule has 0 spiro atoms. The van der Waals surface area contributed by atoms with Crippen LogP contribution < -0.4 is 60.4 Å². The summed E-state index contributed by atoms with van der Waals surface area (Å²) in [7, 11) is 0. The van der Waals surface area contributed by atoms with Crippen molar-refractivity contribution in [1.29, 1.82) is 0 Å². The first-order valence-corrected chi connectivity index (χ1v) is 43.6. The number of allylic oxidation sites excluding steroid dienone is 11. The average Bonchev–Trinajstić information content (AvgIpc) is 1.39. The van der Waals surface area contributed by atoms with E-state index in [9.17, 15) is 0 Å². The van der Waals surface area contributed by atoms with Crippen molar-refractivity contribution in [1.82, 2.24) is 21.2 Å². The Morgan fingerprint density at radius 1 is 0.248 bits per heavy atom. The fraction of sp³-hybridized carbons (Fsp3) is 0.394. The quantitative estimate of drug-likeness (QED) is 0.0942. The first kappa shape index (κ1) is 63.0. The van der Waals surface area contributed by atoms with Gasteiger partial charge in [0.1, 0.15) is 37.0 Å². The zero-order valence-corrected chi connectivity index (χ0v) is 73.5. The van der Waals surface area contributed by atoms with Crippen LogP contribution in [0.25, 0.3) is 5.70 Å². The van der Waals surface area contributed by atoms with E-state index in [-0.39, 0.29) is 0 Å². The number of hydrogen-bond acceptors (Lipinski definition) is 12. The van der Waals surface area contributed by atoms with Crippen molar-refractivity contribution in [3.8, 4) is 0 Å². The summed E-state index contributed by atoms with van der Waals surface area (Å²) in [5, 5.41) is 4.77. The molecule has 0 amide bonds. The topological polar surface area (TPSA) is 74.0 Å². The number of nitrogens with zero attached hydrogens (tertiary/aromatic N) is 8. The smallest absolute Gasteiger partial charge is 0.162 e. The van der Waals surface area contributed by atoms with Crippen LogP contribution in [-0.4, -0.2) is 37.0 Å². The van der Waals surface area contributed by atoms with Gasteiger partial charge >= 0.3 is 0 Å². The van der Waals surface area contributed by atoms with E-state index in [0.717, 1.165) is 211 Å². The van der Waals surface area contributed by atoms with Crippen LogP contribution in [-0.2, 0) is 0 Å². The van der Waals surface area contributed by atoms with Gasteiger partial charge in [-0.3, -0.25) is 0 Å². The second kappa shape index (κ2) is 40.1. The highest BCUT2D eigenvalue weighted by Crippen LogP contribution is 2.47. The summed E-state index contributed by atoms with van der Waals surface area (Å²) >= 11 is 0. The van der Waals surface area contributed by atoms with Crippen LogP contribution >= 0.6 is 0 Å². The van der Waals surface area contributed by atoms with Gasteiger partial charge in [-0.2, -0.15) is 0 Å². The third kappa shape index (κ3) is 19.4. The van der Waals surface area contributed by atoms with Crippen molar-refractivity contribution in [2.45, 2.75) is 265 Å². The van der Waals surface area contributed by atoms with Crippen LogP contribution in [0.3, 0.4) is 0 Å². The van der Waals surface area contributed by atoms with Crippen molar-refractivity contribution < 1.29 is 30.3 Å². The summed E-state index contributed by atoms with van der Waals surface area (Å²) in [5.41, 5.74) is 25.0. The maximum Gasteiger partial charge on any atom is 0.162 e. The summed E-state index contributed by atoms with van der Waals surface area (Å²) in [5.74, 6) is 1.02. The molecule has 6 atom stereocenters. The maximum atomic E-state index is 8.59. The molecule has 0 bridgehead atoms. The summed E-state index contributed by atoms with van der Waals surface area (Å²) in [6, 6.07) is 76.3. The number of para-hydroxylation sites is 8. The number of benzene rings is 9. The molecule has 3 saturated carbocycles. The highest BCUT2D eigenvalue weighted by Gasteiger charge is 2.41. The Labute approximate surface area is 759 Å². The van der Waals surface area contributed by atoms with Gasteiger partial charge in [-0.25, -0.2) is 0 Å². The number of aryl methyl sites for hydroxylation is 6. The predicted molar refractivity (Wildman–Crippen MR) is 518 cm³/mol. The van der Waals surface area contributed by atoms with Crippen LogP contribution in [0.1, 0.15) is 250 Å². The number of hydrogen-bond donors (Lipinski definition) is 4. The normalized spacial score (nSPS) is 24.9. The lowest BCUT2D eigenvalue weighted by molar-refractivity contribution is 0.385. The molecule has 4 N–H and O–H groups in total. The van der Waals surface area contributed by atoms with Gasteiger partial charge < -0.3 is 60.4 Å². The lowest BCUT2D eigenvalue weighted by atomic mass is 9.85. The van der Waals surface area contributed by atoms with Gasteiger partial charge in [-0.1, -0.05) is 227 Å². The molecule has 9 aliphatic rings. The lowest BCUT2D eigenvalue weighted by Gasteiger charge is -2.35. The van der Waals surface area contributed by atoms with Crippen molar-refractivity contribution in [3.05, 3.63) is 338 Å². The van der Waals surface area contributed by atoms with Gasteiger partial charge in [-0.15, -0.1) is 0 Å². The largest absolute Gasteiger partial charge is 0.367 e. The SMILES string of the molecule is [2H]C([2H])([2H])C1N(c2ccccc2)C(C)=C(C)N1c1ccccc1C.[2H]C([2H])([2H])C1N(c2ccccc2)C(C2CCCCC2)=C(C)N1c1ccccc1C.[2H]N1C(C)=C(C)N(c2ccccc2C)C1C([2H])([2H])[2H].[2H]N1C(C2CCCC2)=C(C)N(c2ccccc2C)C1C([2H])([2H])[2H].[2H]N1C(C2CCCCC2)=C(C)N(c2ccccc2C)C1C([2H])([2H])[2H].[2H]N1C(c2ccccc2)=C(C)N(c2ccccc2C)C1C([2H])([2H])[2H]. The van der Waals surface area contributed by atoms with Crippen LogP contribution in [0.2, 0.25) is 5.65 Å². The van der Waals surface area contributed by atoms with E-state index >= 15 is 0 Å². The molecule has 6 aliphatic heterocycles. The zero-order valence-electron chi connectivity index (χ0n) is 95.5. The van der Waals surface area contributed by atoms with Crippen molar-refractivity contribution in [2.75, 3.05) is 39.2 Å². The molecule has 0 aromatic heterocycles. The molecule has 18 rings (SSSR count). The first-order valence-electron chi connectivity index (χ1n) is 54.4. The molecule has 0 saturated heterocycles. The molecule has 9 aromatic carbocycles. The first-order chi connectivity index (χ1) is 67.4. The molecule has 636 valence electrons. The highest BCUT2D eigenvalue weighted by molar-refractivity contribution is 5.77. The van der Waals surface area contributed by atoms with E-state index in [1.54, 1.807) is 16.7 Å². The minimum absolute atomic E-state index is 0.301. The molecule has 6 heterocycles. The van der Waals surface area contributed by atoms with Crippen LogP contribution in [0.15, 0.2) is 299 Å². The number of anilines is 8. The van der Waals surface area contributed by atoms with Gasteiger partial charge in [-0.05, 0) is 276 Å². The minimum Gasteiger partial charge on any atom is -0.367 e. The summed E-state index contributed by atoms with van der Waals surface area (Å²) in [6.07, 6.45) is 10.7. The Bertz CT molecular complexity index is 6070. The van der Waals surface area contributed by atoms with Gasteiger partial charge in [0.15, 0.2) is 5.65 Å². The Morgan fingerprint density at radius 2 is 0.537 bits per heavy atom. The van der Waals surface area contributed by atoms with E-state index < -0.39 is 78.1 Å². The third-order valence-electron chi connectivity index (χ3n) is 25.4. The van der Waals surface area contributed by atoms with E-state index in [1.807, 2.05) is 326 Å². The predicted octanol–water partition coefficient (Wildman–Crippen LogP) is 27.3. The minimum atomic E-state index is -2.32. The fourth-order valence-corrected chi connectivity index (χ4v) is 18.8. The molecule has 121 heavy (non-hydrogen) atoms. The average molecular weight is 1640 g/mol. The molecule has 12 nitrogen and oxygen atoms in total. The Balaban J connectivity index is 0.000000145. The molecule has 6 unspecified atom stereocenters. The number of rotatable bonds is 12. The molecular formula is C109H140N12. The van der Waals surface area contributed by atoms with E-state index in [0.29, 0.717) is 29.1 Å². The third-order valence-corrected chi connectivity index (χ3v) is 25.4. The fourth-order valence-electron chi connectivity index (χ4n) is 18.8.